The van der Waals surface area contributed by atoms with Gasteiger partial charge in [0.25, 0.3) is 6.43 Å². The summed E-state index contributed by atoms with van der Waals surface area (Å²) in [5, 5.41) is 0. The van der Waals surface area contributed by atoms with Crippen molar-refractivity contribution in [2.24, 2.45) is 5.84 Å². The minimum atomic E-state index is -2.32. The molecule has 0 atom stereocenters. The molecule has 0 aliphatic rings. The van der Waals surface area contributed by atoms with Crippen molar-refractivity contribution in [3.05, 3.63) is 23.9 Å². The maximum atomic E-state index is 12.0. The highest BCUT2D eigenvalue weighted by atomic mass is 19.3. The highest BCUT2D eigenvalue weighted by molar-refractivity contribution is 5.35. The first-order valence-corrected chi connectivity index (χ1v) is 4.50. The van der Waals surface area contributed by atoms with Crippen LogP contribution < -0.4 is 11.3 Å². The fourth-order valence-electron chi connectivity index (χ4n) is 1.26. The van der Waals surface area contributed by atoms with E-state index in [-0.39, 0.29) is 6.54 Å². The molecule has 0 saturated heterocycles. The number of aromatic nitrogens is 1. The molecule has 0 fully saturated rings. The Bertz CT molecular complexity index is 306. The normalized spacial score (nSPS) is 11.1. The van der Waals surface area contributed by atoms with Crippen LogP contribution >= 0.6 is 0 Å². The fourth-order valence-corrected chi connectivity index (χ4v) is 1.26. The van der Waals surface area contributed by atoms with Gasteiger partial charge < -0.3 is 5.43 Å². The van der Waals surface area contributed by atoms with Crippen molar-refractivity contribution in [1.29, 1.82) is 0 Å². The molecule has 6 heteroatoms. The van der Waals surface area contributed by atoms with E-state index in [4.69, 9.17) is 5.84 Å². The molecule has 0 aliphatic heterocycles. The van der Waals surface area contributed by atoms with E-state index in [1.807, 2.05) is 0 Å². The van der Waals surface area contributed by atoms with E-state index >= 15 is 0 Å². The summed E-state index contributed by atoms with van der Waals surface area (Å²) in [5.41, 5.74) is 3.29. The standard InChI is InChI=1S/C9H14F2N4/c1-15(6-8(10)11)5-7-2-3-13-9(4-7)14-12/h2-4,8H,5-6,12H2,1H3,(H,13,14). The van der Waals surface area contributed by atoms with E-state index in [0.717, 1.165) is 5.56 Å². The molecule has 1 aromatic heterocycles. The first kappa shape index (κ1) is 11.8. The number of rotatable bonds is 5. The number of pyridine rings is 1. The molecule has 0 saturated carbocycles. The van der Waals surface area contributed by atoms with Crippen LogP contribution in [0.5, 0.6) is 0 Å². The molecule has 0 aliphatic carbocycles. The molecule has 0 spiro atoms. The molecule has 84 valence electrons. The number of nitrogens with zero attached hydrogens (tertiary/aromatic N) is 2. The van der Waals surface area contributed by atoms with Crippen LogP contribution in [0.2, 0.25) is 0 Å². The topological polar surface area (TPSA) is 54.2 Å². The Kier molecular flexibility index (Phi) is 4.38. The maximum Gasteiger partial charge on any atom is 0.251 e. The molecule has 4 nitrogen and oxygen atoms in total. The smallest absolute Gasteiger partial charge is 0.251 e. The van der Waals surface area contributed by atoms with Gasteiger partial charge in [-0.3, -0.25) is 4.90 Å². The van der Waals surface area contributed by atoms with Crippen LogP contribution in [0, 0.1) is 0 Å². The molecule has 0 amide bonds. The van der Waals surface area contributed by atoms with E-state index < -0.39 is 6.43 Å². The van der Waals surface area contributed by atoms with Gasteiger partial charge in [-0.05, 0) is 24.7 Å². The molecule has 1 heterocycles. The molecule has 0 radical (unpaired) electrons. The van der Waals surface area contributed by atoms with Crippen LogP contribution in [0.4, 0.5) is 14.6 Å². The molecule has 15 heavy (non-hydrogen) atoms. The van der Waals surface area contributed by atoms with Gasteiger partial charge in [-0.25, -0.2) is 19.6 Å². The first-order valence-electron chi connectivity index (χ1n) is 4.50. The lowest BCUT2D eigenvalue weighted by molar-refractivity contribution is 0.0975. The van der Waals surface area contributed by atoms with Crippen LogP contribution in [0.15, 0.2) is 18.3 Å². The lowest BCUT2D eigenvalue weighted by Crippen LogP contribution is -2.24. The van der Waals surface area contributed by atoms with E-state index in [0.29, 0.717) is 12.4 Å². The van der Waals surface area contributed by atoms with E-state index in [1.54, 1.807) is 30.3 Å². The molecular formula is C9H14F2N4. The van der Waals surface area contributed by atoms with Gasteiger partial charge >= 0.3 is 0 Å². The molecule has 0 bridgehead atoms. The Balaban J connectivity index is 2.55. The number of hydrogen-bond donors (Lipinski definition) is 2. The van der Waals surface area contributed by atoms with Gasteiger partial charge in [0, 0.05) is 12.7 Å². The Morgan fingerprint density at radius 2 is 2.33 bits per heavy atom. The Morgan fingerprint density at radius 3 is 2.93 bits per heavy atom. The zero-order valence-electron chi connectivity index (χ0n) is 8.45. The summed E-state index contributed by atoms with van der Waals surface area (Å²) in [7, 11) is 1.64. The fraction of sp³-hybridized carbons (Fsp3) is 0.444. The van der Waals surface area contributed by atoms with Crippen LogP contribution in [0.3, 0.4) is 0 Å². The van der Waals surface area contributed by atoms with Crippen molar-refractivity contribution in [1.82, 2.24) is 9.88 Å². The van der Waals surface area contributed by atoms with E-state index in [2.05, 4.69) is 10.4 Å². The Morgan fingerprint density at radius 1 is 1.60 bits per heavy atom. The summed E-state index contributed by atoms with van der Waals surface area (Å²) >= 11 is 0. The second-order valence-corrected chi connectivity index (χ2v) is 3.28. The van der Waals surface area contributed by atoms with Crippen LogP contribution in [-0.4, -0.2) is 29.9 Å². The Hall–Kier alpha value is -1.27. The number of hydrazine groups is 1. The average molecular weight is 216 g/mol. The zero-order chi connectivity index (χ0) is 11.3. The largest absolute Gasteiger partial charge is 0.308 e. The number of anilines is 1. The highest BCUT2D eigenvalue weighted by Crippen LogP contribution is 2.08. The number of nitrogens with two attached hydrogens (primary N) is 1. The van der Waals surface area contributed by atoms with Crippen LogP contribution in [-0.2, 0) is 6.54 Å². The van der Waals surface area contributed by atoms with E-state index in [9.17, 15) is 8.78 Å². The second-order valence-electron chi connectivity index (χ2n) is 3.28. The number of hydrogen-bond acceptors (Lipinski definition) is 4. The summed E-state index contributed by atoms with van der Waals surface area (Å²) in [4.78, 5) is 5.47. The van der Waals surface area contributed by atoms with Gasteiger partial charge in [0.15, 0.2) is 0 Å². The van der Waals surface area contributed by atoms with Crippen molar-refractivity contribution >= 4 is 5.82 Å². The van der Waals surface area contributed by atoms with E-state index in [1.165, 1.54) is 0 Å². The average Bonchev–Trinajstić information content (AvgIpc) is 2.16. The highest BCUT2D eigenvalue weighted by Gasteiger charge is 2.08. The second kappa shape index (κ2) is 5.57. The van der Waals surface area contributed by atoms with Crippen LogP contribution in [0.1, 0.15) is 5.56 Å². The van der Waals surface area contributed by atoms with Gasteiger partial charge in [-0.1, -0.05) is 0 Å². The van der Waals surface area contributed by atoms with Crippen molar-refractivity contribution < 1.29 is 8.78 Å². The lowest BCUT2D eigenvalue weighted by atomic mass is 10.2. The third-order valence-electron chi connectivity index (χ3n) is 1.87. The maximum absolute atomic E-state index is 12.0. The van der Waals surface area contributed by atoms with Gasteiger partial charge in [0.05, 0.1) is 6.54 Å². The summed E-state index contributed by atoms with van der Waals surface area (Å²) in [5.74, 6) is 5.71. The number of nitrogens with one attached hydrogen (secondary N) is 1. The molecular weight excluding hydrogens is 202 g/mol. The van der Waals surface area contributed by atoms with Crippen molar-refractivity contribution in [2.45, 2.75) is 13.0 Å². The van der Waals surface area contributed by atoms with Gasteiger partial charge in [0.1, 0.15) is 5.82 Å². The number of alkyl halides is 2. The summed E-state index contributed by atoms with van der Waals surface area (Å²) in [6.07, 6.45) is -0.732. The van der Waals surface area contributed by atoms with Crippen molar-refractivity contribution in [3.8, 4) is 0 Å². The third-order valence-corrected chi connectivity index (χ3v) is 1.87. The minimum Gasteiger partial charge on any atom is -0.308 e. The first-order chi connectivity index (χ1) is 7.11. The van der Waals surface area contributed by atoms with Gasteiger partial charge in [-0.2, -0.15) is 0 Å². The summed E-state index contributed by atoms with van der Waals surface area (Å²) in [6.45, 7) is 0.204. The monoisotopic (exact) mass is 216 g/mol. The molecule has 0 aromatic carbocycles. The summed E-state index contributed by atoms with van der Waals surface area (Å²) in [6, 6.07) is 3.49. The quantitative estimate of drug-likeness (QED) is 0.571. The number of nitrogen functional groups attached to an aromatic ring is 1. The van der Waals surface area contributed by atoms with Gasteiger partial charge in [-0.15, -0.1) is 0 Å². The predicted molar refractivity (Wildman–Crippen MR) is 54.4 cm³/mol. The lowest BCUT2D eigenvalue weighted by Gasteiger charge is -2.16. The Labute approximate surface area is 87.1 Å². The molecule has 1 rings (SSSR count). The van der Waals surface area contributed by atoms with Crippen molar-refractivity contribution in [3.63, 3.8) is 0 Å². The summed E-state index contributed by atoms with van der Waals surface area (Å²) < 4.78 is 24.1. The SMILES string of the molecule is CN(Cc1ccnc(NN)c1)CC(F)F. The molecule has 1 aromatic rings. The van der Waals surface area contributed by atoms with Crippen LogP contribution in [0.25, 0.3) is 0 Å². The third kappa shape index (κ3) is 4.18. The molecule has 3 N–H and O–H groups in total. The van der Waals surface area contributed by atoms with Gasteiger partial charge in [0.2, 0.25) is 0 Å². The molecule has 0 unspecified atom stereocenters. The minimum absolute atomic E-state index is 0.242. The number of halogens is 2. The zero-order valence-corrected chi connectivity index (χ0v) is 8.45. The van der Waals surface area contributed by atoms with Crippen molar-refractivity contribution in [2.75, 3.05) is 19.0 Å². The predicted octanol–water partition coefficient (Wildman–Crippen LogP) is 1.06.